The molecule has 2 aromatic carbocycles. The van der Waals surface area contributed by atoms with Crippen LogP contribution in [-0.4, -0.2) is 85.6 Å². The van der Waals surface area contributed by atoms with Crippen molar-refractivity contribution in [2.75, 3.05) is 53.0 Å². The number of urea groups is 1. The van der Waals surface area contributed by atoms with E-state index in [0.29, 0.717) is 66.9 Å². The first kappa shape index (κ1) is 27.5. The second kappa shape index (κ2) is 12.3. The molecule has 9 nitrogen and oxygen atoms in total. The van der Waals surface area contributed by atoms with Crippen molar-refractivity contribution in [1.82, 2.24) is 20.0 Å². The number of likely N-dealkylation sites (N-methyl/N-ethyl adjacent to an activating group) is 1. The summed E-state index contributed by atoms with van der Waals surface area (Å²) in [4.78, 5) is 45.0. The summed E-state index contributed by atoms with van der Waals surface area (Å²) in [6, 6.07) is 13.2. The number of hydrogen-bond acceptors (Lipinski definition) is 6. The number of nitrogens with zero attached hydrogens (tertiary/aromatic N) is 3. The standard InChI is InChI=1S/C28H33ClN4O5/c1-4-33-23(18-31-13-15-32(16-14-31)26(34)19-9-11-21(29)12-10-19)24(27(35)38-5-2)25(30-28(33)36)20-7-6-8-22(17-20)37-3/h6-12,17,25H,4-5,13-16,18H2,1-3H3,(H,30,36)/t25-/m0/s1. The second-order valence-corrected chi connectivity index (χ2v) is 9.50. The van der Waals surface area contributed by atoms with Crippen molar-refractivity contribution in [2.24, 2.45) is 0 Å². The van der Waals surface area contributed by atoms with Crippen LogP contribution in [-0.2, 0) is 9.53 Å². The fourth-order valence-corrected chi connectivity index (χ4v) is 4.95. The molecule has 0 radical (unpaired) electrons. The largest absolute Gasteiger partial charge is 0.497 e. The summed E-state index contributed by atoms with van der Waals surface area (Å²) in [7, 11) is 1.57. The molecule has 0 spiro atoms. The molecule has 1 atom stereocenters. The zero-order chi connectivity index (χ0) is 27.2. The Morgan fingerprint density at radius 2 is 1.76 bits per heavy atom. The van der Waals surface area contributed by atoms with E-state index in [0.717, 1.165) is 5.56 Å². The molecule has 4 rings (SSSR count). The second-order valence-electron chi connectivity index (χ2n) is 9.06. The number of amides is 3. The van der Waals surface area contributed by atoms with Crippen molar-refractivity contribution in [3.63, 3.8) is 0 Å². The number of hydrogen-bond donors (Lipinski definition) is 1. The third-order valence-electron chi connectivity index (χ3n) is 6.80. The van der Waals surface area contributed by atoms with Gasteiger partial charge in [-0.05, 0) is 55.8 Å². The molecule has 2 aliphatic rings. The van der Waals surface area contributed by atoms with Crippen LogP contribution in [0.3, 0.4) is 0 Å². The number of piperazine rings is 1. The van der Waals surface area contributed by atoms with Gasteiger partial charge in [0, 0.05) is 55.6 Å². The molecule has 0 aromatic heterocycles. The molecule has 38 heavy (non-hydrogen) atoms. The normalized spacial score (nSPS) is 18.3. The first-order valence-corrected chi connectivity index (χ1v) is 13.1. The molecule has 0 bridgehead atoms. The van der Waals surface area contributed by atoms with Crippen LogP contribution in [0.1, 0.15) is 35.8 Å². The van der Waals surface area contributed by atoms with Gasteiger partial charge < -0.3 is 19.7 Å². The number of ether oxygens (including phenoxy) is 2. The van der Waals surface area contributed by atoms with Crippen molar-refractivity contribution in [3.8, 4) is 5.75 Å². The topological polar surface area (TPSA) is 91.4 Å². The summed E-state index contributed by atoms with van der Waals surface area (Å²) in [6.07, 6.45) is 0. The molecule has 1 fully saturated rings. The van der Waals surface area contributed by atoms with Crippen LogP contribution < -0.4 is 10.1 Å². The Bertz CT molecular complexity index is 1210. The minimum absolute atomic E-state index is 0.0435. The molecule has 0 saturated carbocycles. The number of halogens is 1. The Hall–Kier alpha value is -3.56. The monoisotopic (exact) mass is 540 g/mol. The number of benzene rings is 2. The Morgan fingerprint density at radius 1 is 1.05 bits per heavy atom. The van der Waals surface area contributed by atoms with Crippen LogP contribution in [0.4, 0.5) is 4.79 Å². The summed E-state index contributed by atoms with van der Waals surface area (Å²) in [6.45, 7) is 6.87. The predicted molar refractivity (Wildman–Crippen MR) is 144 cm³/mol. The average molecular weight is 541 g/mol. The highest BCUT2D eigenvalue weighted by Gasteiger charge is 2.38. The van der Waals surface area contributed by atoms with Gasteiger partial charge in [-0.2, -0.15) is 0 Å². The Morgan fingerprint density at radius 3 is 2.39 bits per heavy atom. The van der Waals surface area contributed by atoms with Crippen LogP contribution in [0.25, 0.3) is 0 Å². The van der Waals surface area contributed by atoms with Gasteiger partial charge in [0.2, 0.25) is 0 Å². The molecule has 2 aromatic rings. The fraction of sp³-hybridized carbons (Fsp3) is 0.393. The molecule has 1 N–H and O–H groups in total. The first-order valence-electron chi connectivity index (χ1n) is 12.8. The molecule has 0 unspecified atom stereocenters. The first-order chi connectivity index (χ1) is 18.4. The van der Waals surface area contributed by atoms with Gasteiger partial charge in [-0.25, -0.2) is 9.59 Å². The molecular formula is C28H33ClN4O5. The van der Waals surface area contributed by atoms with Crippen LogP contribution >= 0.6 is 11.6 Å². The van der Waals surface area contributed by atoms with Crippen LogP contribution in [0.5, 0.6) is 5.75 Å². The van der Waals surface area contributed by atoms with Gasteiger partial charge in [-0.3, -0.25) is 14.6 Å². The molecule has 3 amide bonds. The van der Waals surface area contributed by atoms with Crippen LogP contribution in [0.15, 0.2) is 59.8 Å². The molecule has 1 saturated heterocycles. The van der Waals surface area contributed by atoms with Crippen molar-refractivity contribution in [1.29, 1.82) is 0 Å². The molecule has 2 heterocycles. The highest BCUT2D eigenvalue weighted by atomic mass is 35.5. The van der Waals surface area contributed by atoms with E-state index in [1.165, 1.54) is 0 Å². The smallest absolute Gasteiger partial charge is 0.338 e. The minimum Gasteiger partial charge on any atom is -0.497 e. The summed E-state index contributed by atoms with van der Waals surface area (Å²) in [5.74, 6) is 0.115. The van der Waals surface area contributed by atoms with Gasteiger partial charge in [-0.1, -0.05) is 23.7 Å². The van der Waals surface area contributed by atoms with E-state index in [1.807, 2.05) is 36.1 Å². The van der Waals surface area contributed by atoms with Crippen molar-refractivity contribution in [2.45, 2.75) is 19.9 Å². The van der Waals surface area contributed by atoms with E-state index in [2.05, 4.69) is 10.2 Å². The SMILES string of the molecule is CCOC(=O)C1=C(CN2CCN(C(=O)c3ccc(Cl)cc3)CC2)N(CC)C(=O)N[C@H]1c1cccc(OC)c1. The molecule has 0 aliphatic carbocycles. The van der Waals surface area contributed by atoms with Crippen molar-refractivity contribution < 1.29 is 23.9 Å². The van der Waals surface area contributed by atoms with E-state index in [4.69, 9.17) is 21.1 Å². The lowest BCUT2D eigenvalue weighted by Crippen LogP contribution is -2.53. The fourth-order valence-electron chi connectivity index (χ4n) is 4.82. The number of nitrogens with one attached hydrogen (secondary N) is 1. The van der Waals surface area contributed by atoms with E-state index in [-0.39, 0.29) is 18.5 Å². The lowest BCUT2D eigenvalue weighted by molar-refractivity contribution is -0.139. The Kier molecular flexibility index (Phi) is 8.91. The maximum Gasteiger partial charge on any atom is 0.338 e. The molecular weight excluding hydrogens is 508 g/mol. The van der Waals surface area contributed by atoms with Gasteiger partial charge in [0.05, 0.1) is 25.3 Å². The lowest BCUT2D eigenvalue weighted by atomic mass is 9.94. The molecule has 2 aliphatic heterocycles. The van der Waals surface area contributed by atoms with Crippen LogP contribution in [0, 0.1) is 0 Å². The minimum atomic E-state index is -0.678. The molecule has 10 heteroatoms. The summed E-state index contributed by atoms with van der Waals surface area (Å²) in [5, 5.41) is 3.56. The predicted octanol–water partition coefficient (Wildman–Crippen LogP) is 3.71. The number of esters is 1. The van der Waals surface area contributed by atoms with Crippen molar-refractivity contribution in [3.05, 3.63) is 76.0 Å². The quantitative estimate of drug-likeness (QED) is 0.513. The average Bonchev–Trinajstić information content (AvgIpc) is 2.93. The third kappa shape index (κ3) is 5.95. The van der Waals surface area contributed by atoms with Crippen molar-refractivity contribution >= 4 is 29.5 Å². The maximum atomic E-state index is 13.3. The van der Waals surface area contributed by atoms with E-state index in [9.17, 15) is 14.4 Å². The summed E-state index contributed by atoms with van der Waals surface area (Å²) in [5.41, 5.74) is 2.34. The Balaban J connectivity index is 1.60. The number of carbonyl (C=O) groups excluding carboxylic acids is 3. The highest BCUT2D eigenvalue weighted by Crippen LogP contribution is 2.33. The zero-order valence-electron chi connectivity index (χ0n) is 21.9. The van der Waals surface area contributed by atoms with Gasteiger partial charge in [0.15, 0.2) is 0 Å². The highest BCUT2D eigenvalue weighted by molar-refractivity contribution is 6.30. The summed E-state index contributed by atoms with van der Waals surface area (Å²) >= 11 is 5.96. The van der Waals surface area contributed by atoms with Gasteiger partial charge in [-0.15, -0.1) is 0 Å². The van der Waals surface area contributed by atoms with Gasteiger partial charge >= 0.3 is 12.0 Å². The molecule has 202 valence electrons. The van der Waals surface area contributed by atoms with Gasteiger partial charge in [0.25, 0.3) is 5.91 Å². The van der Waals surface area contributed by atoms with Crippen LogP contribution in [0.2, 0.25) is 5.02 Å². The van der Waals surface area contributed by atoms with Gasteiger partial charge in [0.1, 0.15) is 5.75 Å². The van der Waals surface area contributed by atoms with E-state index in [1.54, 1.807) is 43.2 Å². The summed E-state index contributed by atoms with van der Waals surface area (Å²) < 4.78 is 10.8. The number of methoxy groups -OCH3 is 1. The lowest BCUT2D eigenvalue weighted by Gasteiger charge is -2.40. The Labute approximate surface area is 227 Å². The van der Waals surface area contributed by atoms with E-state index >= 15 is 0 Å². The number of carbonyl (C=O) groups is 3. The van der Waals surface area contributed by atoms with E-state index < -0.39 is 12.0 Å². The third-order valence-corrected chi connectivity index (χ3v) is 7.05. The number of rotatable bonds is 8. The zero-order valence-corrected chi connectivity index (χ0v) is 22.7. The maximum absolute atomic E-state index is 13.3.